The van der Waals surface area contributed by atoms with Gasteiger partial charge >= 0.3 is 0 Å². The Morgan fingerprint density at radius 1 is 1.06 bits per heavy atom. The van der Waals surface area contributed by atoms with Crippen LogP contribution in [-0.4, -0.2) is 15.2 Å². The Balaban J connectivity index is 1.42. The first-order valence-corrected chi connectivity index (χ1v) is 7.79. The van der Waals surface area contributed by atoms with E-state index in [9.17, 15) is 0 Å². The van der Waals surface area contributed by atoms with Crippen LogP contribution in [0.25, 0.3) is 0 Å². The van der Waals surface area contributed by atoms with Crippen LogP contribution in [0.3, 0.4) is 0 Å². The second-order valence-electron chi connectivity index (χ2n) is 6.76. The molecule has 0 aromatic carbocycles. The molecule has 2 bridgehead atoms. The topological polar surface area (TPSA) is 41.6 Å². The Morgan fingerprint density at radius 3 is 2.67 bits per heavy atom. The van der Waals surface area contributed by atoms with Crippen molar-refractivity contribution in [2.24, 2.45) is 17.8 Å². The largest absolute Gasteiger partial charge is 0.263 e. The van der Waals surface area contributed by atoms with E-state index < -0.39 is 0 Å². The Labute approximate surface area is 109 Å². The lowest BCUT2D eigenvalue weighted by atomic mass is 9.86. The van der Waals surface area contributed by atoms with Gasteiger partial charge in [-0.15, -0.1) is 0 Å². The first kappa shape index (κ1) is 11.0. The molecule has 1 N–H and O–H groups in total. The standard InChI is InChI=1S/C15H23N3/c1-2-4-11(3-1)15-16-14(17-18-15)9-13-8-10-5-6-12(13)7-10/h10-13H,1-9H2,(H,16,17,18). The van der Waals surface area contributed by atoms with E-state index in [0.29, 0.717) is 5.92 Å². The maximum atomic E-state index is 4.77. The summed E-state index contributed by atoms with van der Waals surface area (Å²) >= 11 is 0. The zero-order chi connectivity index (χ0) is 11.9. The van der Waals surface area contributed by atoms with Crippen LogP contribution in [0.15, 0.2) is 0 Å². The maximum absolute atomic E-state index is 4.77. The summed E-state index contributed by atoms with van der Waals surface area (Å²) in [5, 5.41) is 7.67. The van der Waals surface area contributed by atoms with Gasteiger partial charge in [-0.3, -0.25) is 5.10 Å². The maximum Gasteiger partial charge on any atom is 0.153 e. The van der Waals surface area contributed by atoms with E-state index in [0.717, 1.165) is 35.8 Å². The number of H-pyrrole nitrogens is 1. The zero-order valence-electron chi connectivity index (χ0n) is 11.1. The van der Waals surface area contributed by atoms with E-state index in [1.54, 1.807) is 0 Å². The molecule has 3 fully saturated rings. The Morgan fingerprint density at radius 2 is 1.94 bits per heavy atom. The quantitative estimate of drug-likeness (QED) is 0.886. The first-order chi connectivity index (χ1) is 8.88. The molecule has 18 heavy (non-hydrogen) atoms. The summed E-state index contributed by atoms with van der Waals surface area (Å²) < 4.78 is 0. The average Bonchev–Trinajstić information content (AvgIpc) is 3.14. The van der Waals surface area contributed by atoms with Crippen LogP contribution in [0.5, 0.6) is 0 Å². The van der Waals surface area contributed by atoms with Gasteiger partial charge in [-0.1, -0.05) is 19.3 Å². The van der Waals surface area contributed by atoms with Crippen molar-refractivity contribution in [3.05, 3.63) is 11.6 Å². The molecule has 1 aromatic heterocycles. The van der Waals surface area contributed by atoms with Crippen molar-refractivity contribution in [3.8, 4) is 0 Å². The Bertz CT molecular complexity index is 419. The summed E-state index contributed by atoms with van der Waals surface area (Å²) in [6.45, 7) is 0. The van der Waals surface area contributed by atoms with Gasteiger partial charge in [0, 0.05) is 12.3 Å². The smallest absolute Gasteiger partial charge is 0.153 e. The van der Waals surface area contributed by atoms with Gasteiger partial charge in [0.25, 0.3) is 0 Å². The SMILES string of the molecule is C1CCC(c2n[nH]c(CC3CC4CCC3C4)n2)C1. The van der Waals surface area contributed by atoms with E-state index in [2.05, 4.69) is 10.2 Å². The number of aromatic nitrogens is 3. The van der Waals surface area contributed by atoms with Crippen molar-refractivity contribution in [1.29, 1.82) is 0 Å². The van der Waals surface area contributed by atoms with Gasteiger partial charge in [-0.25, -0.2) is 4.98 Å². The fourth-order valence-electron chi connectivity index (χ4n) is 4.64. The molecule has 3 heteroatoms. The van der Waals surface area contributed by atoms with Crippen LogP contribution in [0.4, 0.5) is 0 Å². The average molecular weight is 245 g/mol. The van der Waals surface area contributed by atoms with Crippen LogP contribution < -0.4 is 0 Å². The van der Waals surface area contributed by atoms with E-state index in [1.165, 1.54) is 51.4 Å². The van der Waals surface area contributed by atoms with Crippen LogP contribution in [0.2, 0.25) is 0 Å². The molecule has 3 aliphatic carbocycles. The van der Waals surface area contributed by atoms with Crippen molar-refractivity contribution in [1.82, 2.24) is 15.2 Å². The lowest BCUT2D eigenvalue weighted by Gasteiger charge is -2.20. The minimum Gasteiger partial charge on any atom is -0.263 e. The van der Waals surface area contributed by atoms with Gasteiger partial charge in [0.2, 0.25) is 0 Å². The summed E-state index contributed by atoms with van der Waals surface area (Å²) in [6.07, 6.45) is 12.4. The Hall–Kier alpha value is -0.860. The summed E-state index contributed by atoms with van der Waals surface area (Å²) in [7, 11) is 0. The second-order valence-corrected chi connectivity index (χ2v) is 6.76. The molecule has 0 saturated heterocycles. The molecule has 0 amide bonds. The number of hydrogen-bond donors (Lipinski definition) is 1. The molecule has 98 valence electrons. The van der Waals surface area contributed by atoms with E-state index in [1.807, 2.05) is 0 Å². The third-order valence-corrected chi connectivity index (χ3v) is 5.61. The summed E-state index contributed by atoms with van der Waals surface area (Å²) in [5.74, 6) is 5.84. The molecule has 3 aliphatic rings. The zero-order valence-corrected chi connectivity index (χ0v) is 11.1. The number of aromatic amines is 1. The molecule has 4 rings (SSSR count). The highest BCUT2D eigenvalue weighted by molar-refractivity contribution is 5.02. The summed E-state index contributed by atoms with van der Waals surface area (Å²) in [4.78, 5) is 4.77. The number of hydrogen-bond acceptors (Lipinski definition) is 2. The number of rotatable bonds is 3. The van der Waals surface area contributed by atoms with Crippen LogP contribution in [0, 0.1) is 17.8 Å². The van der Waals surface area contributed by atoms with Crippen molar-refractivity contribution >= 4 is 0 Å². The van der Waals surface area contributed by atoms with Gasteiger partial charge in [0.15, 0.2) is 5.82 Å². The molecule has 3 nitrogen and oxygen atoms in total. The van der Waals surface area contributed by atoms with Gasteiger partial charge in [-0.05, 0) is 49.9 Å². The van der Waals surface area contributed by atoms with Gasteiger partial charge in [0.05, 0.1) is 0 Å². The highest BCUT2D eigenvalue weighted by Gasteiger charge is 2.39. The number of nitrogens with zero attached hydrogens (tertiary/aromatic N) is 2. The van der Waals surface area contributed by atoms with Gasteiger partial charge in [0.1, 0.15) is 5.82 Å². The minimum absolute atomic E-state index is 0.648. The van der Waals surface area contributed by atoms with Crippen LogP contribution in [0.1, 0.15) is 68.9 Å². The first-order valence-electron chi connectivity index (χ1n) is 7.79. The molecule has 0 radical (unpaired) electrons. The lowest BCUT2D eigenvalue weighted by molar-refractivity contribution is 0.327. The fourth-order valence-corrected chi connectivity index (χ4v) is 4.64. The predicted molar refractivity (Wildman–Crippen MR) is 70.2 cm³/mol. The van der Waals surface area contributed by atoms with Crippen molar-refractivity contribution in [2.45, 2.75) is 63.7 Å². The molecule has 3 saturated carbocycles. The molecular formula is C15H23N3. The van der Waals surface area contributed by atoms with Crippen molar-refractivity contribution in [2.75, 3.05) is 0 Å². The Kier molecular flexibility index (Phi) is 2.66. The van der Waals surface area contributed by atoms with Crippen molar-refractivity contribution < 1.29 is 0 Å². The molecule has 0 spiro atoms. The third-order valence-electron chi connectivity index (χ3n) is 5.61. The number of nitrogens with one attached hydrogen (secondary N) is 1. The summed E-state index contributed by atoms with van der Waals surface area (Å²) in [6, 6.07) is 0. The second kappa shape index (κ2) is 4.36. The van der Waals surface area contributed by atoms with Crippen LogP contribution >= 0.6 is 0 Å². The van der Waals surface area contributed by atoms with Gasteiger partial charge < -0.3 is 0 Å². The van der Waals surface area contributed by atoms with E-state index in [4.69, 9.17) is 4.98 Å². The molecule has 1 aromatic rings. The van der Waals surface area contributed by atoms with Gasteiger partial charge in [-0.2, -0.15) is 5.10 Å². The fraction of sp³-hybridized carbons (Fsp3) is 0.867. The predicted octanol–water partition coefficient (Wildman–Crippen LogP) is 3.44. The highest BCUT2D eigenvalue weighted by atomic mass is 15.2. The molecular weight excluding hydrogens is 222 g/mol. The molecule has 3 atom stereocenters. The molecule has 1 heterocycles. The molecule has 0 aliphatic heterocycles. The third kappa shape index (κ3) is 1.88. The summed E-state index contributed by atoms with van der Waals surface area (Å²) in [5.41, 5.74) is 0. The lowest BCUT2D eigenvalue weighted by Crippen LogP contribution is -2.14. The van der Waals surface area contributed by atoms with E-state index >= 15 is 0 Å². The van der Waals surface area contributed by atoms with Crippen molar-refractivity contribution in [3.63, 3.8) is 0 Å². The monoisotopic (exact) mass is 245 g/mol. The number of fused-ring (bicyclic) bond motifs is 2. The van der Waals surface area contributed by atoms with Crippen LogP contribution in [-0.2, 0) is 6.42 Å². The normalized spacial score (nSPS) is 35.7. The van der Waals surface area contributed by atoms with E-state index in [-0.39, 0.29) is 0 Å². The highest BCUT2D eigenvalue weighted by Crippen LogP contribution is 2.49. The molecule has 3 unspecified atom stereocenters. The minimum atomic E-state index is 0.648.